The number of hydrogen-bond acceptors (Lipinski definition) is 5. The van der Waals surface area contributed by atoms with E-state index in [2.05, 4.69) is 15.5 Å². The lowest BCUT2D eigenvalue weighted by Crippen LogP contribution is -2.44. The number of benzene rings is 1. The van der Waals surface area contributed by atoms with E-state index in [9.17, 15) is 4.79 Å². The van der Waals surface area contributed by atoms with Crippen molar-refractivity contribution >= 4 is 12.1 Å². The molecule has 1 aromatic carbocycles. The fourth-order valence-electron chi connectivity index (χ4n) is 3.22. The minimum absolute atomic E-state index is 0.0363. The van der Waals surface area contributed by atoms with Crippen LogP contribution in [0.4, 0.5) is 4.79 Å². The van der Waals surface area contributed by atoms with Crippen LogP contribution in [0.25, 0.3) is 0 Å². The van der Waals surface area contributed by atoms with Gasteiger partial charge in [0.05, 0.1) is 26.3 Å². The van der Waals surface area contributed by atoms with E-state index in [1.807, 2.05) is 52.8 Å². The summed E-state index contributed by atoms with van der Waals surface area (Å²) in [4.78, 5) is 19.0. The summed E-state index contributed by atoms with van der Waals surface area (Å²) in [6.07, 6.45) is 0.471. The smallest absolute Gasteiger partial charge is 0.407 e. The number of likely N-dealkylation sites (tertiary alicyclic amines) is 1. The lowest BCUT2D eigenvalue weighted by atomic mass is 10.2. The number of carbonyl (C=O) groups is 1. The van der Waals surface area contributed by atoms with E-state index in [-0.39, 0.29) is 12.1 Å². The van der Waals surface area contributed by atoms with Gasteiger partial charge in [-0.15, -0.1) is 0 Å². The Hall–Kier alpha value is -2.64. The van der Waals surface area contributed by atoms with E-state index in [4.69, 9.17) is 19.2 Å². The van der Waals surface area contributed by atoms with Gasteiger partial charge < -0.3 is 29.7 Å². The molecule has 168 valence electrons. The average molecular weight is 421 g/mol. The minimum Gasteiger partial charge on any atom is -0.493 e. The highest BCUT2D eigenvalue weighted by Gasteiger charge is 2.27. The zero-order valence-corrected chi connectivity index (χ0v) is 19.1. The molecule has 0 spiro atoms. The number of nitrogens with zero attached hydrogens (tertiary/aromatic N) is 2. The molecule has 8 heteroatoms. The van der Waals surface area contributed by atoms with Gasteiger partial charge in [-0.3, -0.25) is 0 Å². The summed E-state index contributed by atoms with van der Waals surface area (Å²) in [5.41, 5.74) is 0.537. The van der Waals surface area contributed by atoms with Crippen molar-refractivity contribution in [2.24, 2.45) is 4.99 Å². The molecule has 1 aliphatic rings. The molecule has 1 aromatic rings. The molecule has 0 saturated carbocycles. The first-order chi connectivity index (χ1) is 14.3. The number of rotatable bonds is 7. The van der Waals surface area contributed by atoms with Crippen LogP contribution < -0.4 is 20.1 Å². The lowest BCUT2D eigenvalue weighted by Gasteiger charge is -2.23. The van der Waals surface area contributed by atoms with Gasteiger partial charge in [0.15, 0.2) is 17.5 Å². The van der Waals surface area contributed by atoms with E-state index in [0.717, 1.165) is 36.8 Å². The van der Waals surface area contributed by atoms with E-state index in [1.165, 1.54) is 0 Å². The number of alkyl carbamates (subject to hydrolysis) is 1. The molecule has 1 fully saturated rings. The van der Waals surface area contributed by atoms with Crippen LogP contribution in [0.3, 0.4) is 0 Å². The van der Waals surface area contributed by atoms with E-state index in [0.29, 0.717) is 25.4 Å². The predicted molar refractivity (Wildman–Crippen MR) is 118 cm³/mol. The van der Waals surface area contributed by atoms with Gasteiger partial charge in [-0.1, -0.05) is 6.07 Å². The van der Waals surface area contributed by atoms with Gasteiger partial charge >= 0.3 is 6.09 Å². The number of methoxy groups -OCH3 is 1. The number of ether oxygens (including phenoxy) is 3. The third kappa shape index (κ3) is 7.31. The predicted octanol–water partition coefficient (Wildman–Crippen LogP) is 3.16. The maximum atomic E-state index is 12.0. The summed E-state index contributed by atoms with van der Waals surface area (Å²) in [7, 11) is 1.63. The second-order valence-corrected chi connectivity index (χ2v) is 8.17. The summed E-state index contributed by atoms with van der Waals surface area (Å²) in [5.74, 6) is 2.27. The van der Waals surface area contributed by atoms with Crippen LogP contribution >= 0.6 is 0 Å². The standard InChI is InChI=1S/C22H36N4O4/c1-7-23-20(24-14-16-9-10-18(28-6)19(13-16)29-8-2)26-12-11-17(15-26)25-21(27)30-22(3,4)5/h9-10,13,17H,7-8,11-12,14-15H2,1-6H3,(H,23,24)(H,25,27). The normalized spacial score (nSPS) is 16.9. The van der Waals surface area contributed by atoms with Gasteiger partial charge in [-0.25, -0.2) is 9.79 Å². The molecule has 0 bridgehead atoms. The molecule has 2 rings (SSSR count). The van der Waals surface area contributed by atoms with Crippen LogP contribution in [0.2, 0.25) is 0 Å². The Balaban J connectivity index is 2.01. The molecule has 0 radical (unpaired) electrons. The van der Waals surface area contributed by atoms with Crippen molar-refractivity contribution in [3.05, 3.63) is 23.8 Å². The summed E-state index contributed by atoms with van der Waals surface area (Å²) in [6.45, 7) is 13.0. The van der Waals surface area contributed by atoms with Gasteiger partial charge in [-0.2, -0.15) is 0 Å². The van der Waals surface area contributed by atoms with Gasteiger partial charge in [0.25, 0.3) is 0 Å². The first kappa shape index (κ1) is 23.6. The first-order valence-corrected chi connectivity index (χ1v) is 10.6. The molecule has 0 aliphatic carbocycles. The molecule has 30 heavy (non-hydrogen) atoms. The second kappa shape index (κ2) is 10.9. The average Bonchev–Trinajstić information content (AvgIpc) is 3.12. The summed E-state index contributed by atoms with van der Waals surface area (Å²) < 4.78 is 16.4. The summed E-state index contributed by atoms with van der Waals surface area (Å²) in [6, 6.07) is 5.89. The molecule has 1 amide bonds. The fraction of sp³-hybridized carbons (Fsp3) is 0.636. The molecule has 1 aliphatic heterocycles. The van der Waals surface area contributed by atoms with Crippen molar-refractivity contribution < 1.29 is 19.0 Å². The lowest BCUT2D eigenvalue weighted by molar-refractivity contribution is 0.0507. The van der Waals surface area contributed by atoms with Crippen LogP contribution in [-0.4, -0.2) is 61.9 Å². The molecule has 1 heterocycles. The molecular formula is C22H36N4O4. The Morgan fingerprint density at radius 2 is 2.03 bits per heavy atom. The molecule has 1 unspecified atom stereocenters. The Morgan fingerprint density at radius 3 is 2.67 bits per heavy atom. The van der Waals surface area contributed by atoms with Gasteiger partial charge in [0, 0.05) is 19.6 Å². The topological polar surface area (TPSA) is 84.4 Å². The number of hydrogen-bond donors (Lipinski definition) is 2. The SMILES string of the molecule is CCNC(=NCc1ccc(OC)c(OCC)c1)N1CCC(NC(=O)OC(C)(C)C)C1. The quantitative estimate of drug-likeness (QED) is 0.521. The van der Waals surface area contributed by atoms with Gasteiger partial charge in [0.2, 0.25) is 0 Å². The van der Waals surface area contributed by atoms with Crippen LogP contribution in [0, 0.1) is 0 Å². The maximum absolute atomic E-state index is 12.0. The zero-order valence-electron chi connectivity index (χ0n) is 19.1. The number of nitrogens with one attached hydrogen (secondary N) is 2. The molecule has 2 N–H and O–H groups in total. The van der Waals surface area contributed by atoms with E-state index in [1.54, 1.807) is 7.11 Å². The number of amides is 1. The fourth-order valence-corrected chi connectivity index (χ4v) is 3.22. The Kier molecular flexibility index (Phi) is 8.62. The van der Waals surface area contributed by atoms with Crippen LogP contribution in [-0.2, 0) is 11.3 Å². The van der Waals surface area contributed by atoms with Crippen molar-refractivity contribution in [2.75, 3.05) is 33.4 Å². The number of aliphatic imine (C=N–C) groups is 1. The highest BCUT2D eigenvalue weighted by molar-refractivity contribution is 5.80. The Bertz CT molecular complexity index is 730. The highest BCUT2D eigenvalue weighted by atomic mass is 16.6. The monoisotopic (exact) mass is 420 g/mol. The van der Waals surface area contributed by atoms with Crippen molar-refractivity contribution in [2.45, 2.75) is 59.2 Å². The van der Waals surface area contributed by atoms with Gasteiger partial charge in [-0.05, 0) is 58.7 Å². The van der Waals surface area contributed by atoms with E-state index < -0.39 is 5.60 Å². The maximum Gasteiger partial charge on any atom is 0.407 e. The minimum atomic E-state index is -0.503. The largest absolute Gasteiger partial charge is 0.493 e. The Labute approximate surface area is 180 Å². The third-order valence-electron chi connectivity index (χ3n) is 4.48. The molecule has 1 atom stereocenters. The van der Waals surface area contributed by atoms with Crippen molar-refractivity contribution in [3.63, 3.8) is 0 Å². The van der Waals surface area contributed by atoms with Crippen LogP contribution in [0.5, 0.6) is 11.5 Å². The summed E-state index contributed by atoms with van der Waals surface area (Å²) in [5, 5.41) is 6.30. The second-order valence-electron chi connectivity index (χ2n) is 8.17. The molecule has 8 nitrogen and oxygen atoms in total. The molecule has 0 aromatic heterocycles. The van der Waals surface area contributed by atoms with E-state index >= 15 is 0 Å². The van der Waals surface area contributed by atoms with Crippen LogP contribution in [0.1, 0.15) is 46.6 Å². The van der Waals surface area contributed by atoms with Crippen molar-refractivity contribution in [3.8, 4) is 11.5 Å². The number of guanidine groups is 1. The van der Waals surface area contributed by atoms with Crippen molar-refractivity contribution in [1.29, 1.82) is 0 Å². The number of carbonyl (C=O) groups excluding carboxylic acids is 1. The molecule has 1 saturated heterocycles. The zero-order chi connectivity index (χ0) is 22.1. The van der Waals surface area contributed by atoms with Gasteiger partial charge in [0.1, 0.15) is 5.60 Å². The van der Waals surface area contributed by atoms with Crippen LogP contribution in [0.15, 0.2) is 23.2 Å². The third-order valence-corrected chi connectivity index (χ3v) is 4.48. The molecular weight excluding hydrogens is 384 g/mol. The van der Waals surface area contributed by atoms with Crippen molar-refractivity contribution in [1.82, 2.24) is 15.5 Å². The Morgan fingerprint density at radius 1 is 1.27 bits per heavy atom. The highest BCUT2D eigenvalue weighted by Crippen LogP contribution is 2.28. The summed E-state index contributed by atoms with van der Waals surface area (Å²) >= 11 is 0. The first-order valence-electron chi connectivity index (χ1n) is 10.6.